The molecule has 1 aromatic rings. The first-order valence-electron chi connectivity index (χ1n) is 5.44. The second-order valence-electron chi connectivity index (χ2n) is 3.82. The number of halogens is 1. The molecule has 0 radical (unpaired) electrons. The largest absolute Gasteiger partial charge is 0.493 e. The van der Waals surface area contributed by atoms with Gasteiger partial charge in [0.25, 0.3) is 0 Å². The molecule has 1 aromatic carbocycles. The average molecular weight is 270 g/mol. The quantitative estimate of drug-likeness (QED) is 0.911. The molecule has 0 saturated carbocycles. The predicted octanol–water partition coefficient (Wildman–Crippen LogP) is 2.92. The van der Waals surface area contributed by atoms with E-state index in [4.69, 9.17) is 4.74 Å². The highest BCUT2D eigenvalue weighted by Gasteiger charge is 2.20. The maximum Gasteiger partial charge on any atom is 0.122 e. The third-order valence-electron chi connectivity index (χ3n) is 2.78. The molecule has 0 fully saturated rings. The Morgan fingerprint density at radius 2 is 2.40 bits per heavy atom. The van der Waals surface area contributed by atoms with Crippen LogP contribution in [0.15, 0.2) is 22.7 Å². The Hall–Kier alpha value is -0.540. The van der Waals surface area contributed by atoms with Crippen LogP contribution >= 0.6 is 15.9 Å². The predicted molar refractivity (Wildman–Crippen MR) is 65.5 cm³/mol. The fourth-order valence-electron chi connectivity index (χ4n) is 1.97. The zero-order chi connectivity index (χ0) is 10.7. The standard InChI is InChI=1S/C12H16BrNO/c1-2-14-8-9-5-6-15-12-4-3-10(13)7-11(9)12/h3-4,7,9,14H,2,5-6,8H2,1H3. The third-order valence-corrected chi connectivity index (χ3v) is 3.27. The van der Waals surface area contributed by atoms with Gasteiger partial charge >= 0.3 is 0 Å². The number of nitrogens with one attached hydrogen (secondary N) is 1. The molecule has 2 nitrogen and oxygen atoms in total. The molecule has 1 aliphatic rings. The second-order valence-corrected chi connectivity index (χ2v) is 4.74. The van der Waals surface area contributed by atoms with Gasteiger partial charge in [0, 0.05) is 16.9 Å². The van der Waals surface area contributed by atoms with Gasteiger partial charge in [-0.3, -0.25) is 0 Å². The summed E-state index contributed by atoms with van der Waals surface area (Å²) in [5.41, 5.74) is 1.33. The maximum absolute atomic E-state index is 5.64. The van der Waals surface area contributed by atoms with E-state index in [1.54, 1.807) is 0 Å². The van der Waals surface area contributed by atoms with Crippen LogP contribution in [0, 0.1) is 0 Å². The van der Waals surface area contributed by atoms with Gasteiger partial charge in [-0.25, -0.2) is 0 Å². The summed E-state index contributed by atoms with van der Waals surface area (Å²) in [5.74, 6) is 1.64. The Morgan fingerprint density at radius 3 is 3.20 bits per heavy atom. The molecule has 15 heavy (non-hydrogen) atoms. The van der Waals surface area contributed by atoms with E-state index >= 15 is 0 Å². The number of benzene rings is 1. The molecule has 1 N–H and O–H groups in total. The molecule has 3 heteroatoms. The highest BCUT2D eigenvalue weighted by molar-refractivity contribution is 9.10. The molecule has 1 aliphatic heterocycles. The van der Waals surface area contributed by atoms with E-state index in [-0.39, 0.29) is 0 Å². The molecule has 0 aliphatic carbocycles. The summed E-state index contributed by atoms with van der Waals surface area (Å²) in [6.45, 7) is 5.05. The van der Waals surface area contributed by atoms with E-state index in [1.165, 1.54) is 5.56 Å². The number of likely N-dealkylation sites (N-methyl/N-ethyl adjacent to an activating group) is 1. The van der Waals surface area contributed by atoms with E-state index in [2.05, 4.69) is 40.3 Å². The van der Waals surface area contributed by atoms with Crippen molar-refractivity contribution in [2.24, 2.45) is 0 Å². The minimum Gasteiger partial charge on any atom is -0.493 e. The van der Waals surface area contributed by atoms with Crippen LogP contribution in [0.5, 0.6) is 5.75 Å². The normalized spacial score (nSPS) is 19.5. The van der Waals surface area contributed by atoms with E-state index < -0.39 is 0 Å². The summed E-state index contributed by atoms with van der Waals surface area (Å²) >= 11 is 3.51. The first-order chi connectivity index (χ1) is 7.31. The molecule has 1 atom stereocenters. The summed E-state index contributed by atoms with van der Waals surface area (Å²) < 4.78 is 6.77. The van der Waals surface area contributed by atoms with Crippen molar-refractivity contribution in [2.45, 2.75) is 19.3 Å². The highest BCUT2D eigenvalue weighted by atomic mass is 79.9. The van der Waals surface area contributed by atoms with E-state index in [0.717, 1.165) is 36.3 Å². The summed E-state index contributed by atoms with van der Waals surface area (Å²) in [6, 6.07) is 6.27. The van der Waals surface area contributed by atoms with Crippen molar-refractivity contribution >= 4 is 15.9 Å². The van der Waals surface area contributed by atoms with Crippen molar-refractivity contribution in [3.05, 3.63) is 28.2 Å². The lowest BCUT2D eigenvalue weighted by Crippen LogP contribution is -2.25. The lowest BCUT2D eigenvalue weighted by atomic mass is 9.93. The van der Waals surface area contributed by atoms with Crippen molar-refractivity contribution in [2.75, 3.05) is 19.7 Å². The van der Waals surface area contributed by atoms with Crippen LogP contribution in [-0.2, 0) is 0 Å². The van der Waals surface area contributed by atoms with Crippen molar-refractivity contribution < 1.29 is 4.74 Å². The van der Waals surface area contributed by atoms with Gasteiger partial charge < -0.3 is 10.1 Å². The molecule has 0 aromatic heterocycles. The van der Waals surface area contributed by atoms with Crippen LogP contribution < -0.4 is 10.1 Å². The topological polar surface area (TPSA) is 21.3 Å². The maximum atomic E-state index is 5.64. The van der Waals surface area contributed by atoms with Gasteiger partial charge in [-0.05, 0) is 36.7 Å². The average Bonchev–Trinajstić information content (AvgIpc) is 2.26. The molecule has 0 spiro atoms. The fraction of sp³-hybridized carbons (Fsp3) is 0.500. The Kier molecular flexibility index (Phi) is 3.65. The SMILES string of the molecule is CCNCC1CCOc2ccc(Br)cc21. The van der Waals surface area contributed by atoms with Crippen molar-refractivity contribution in [1.29, 1.82) is 0 Å². The van der Waals surface area contributed by atoms with E-state index in [1.807, 2.05) is 6.07 Å². The molecule has 0 amide bonds. The van der Waals surface area contributed by atoms with Crippen LogP contribution in [0.3, 0.4) is 0 Å². The van der Waals surface area contributed by atoms with Crippen LogP contribution in [0.4, 0.5) is 0 Å². The molecule has 1 unspecified atom stereocenters. The van der Waals surface area contributed by atoms with Crippen LogP contribution in [0.25, 0.3) is 0 Å². The molecular weight excluding hydrogens is 254 g/mol. The number of hydrogen-bond acceptors (Lipinski definition) is 2. The summed E-state index contributed by atoms with van der Waals surface area (Å²) in [6.07, 6.45) is 1.11. The molecule has 0 bridgehead atoms. The Morgan fingerprint density at radius 1 is 1.53 bits per heavy atom. The Balaban J connectivity index is 2.20. The summed E-state index contributed by atoms with van der Waals surface area (Å²) in [4.78, 5) is 0. The van der Waals surface area contributed by atoms with E-state index in [0.29, 0.717) is 5.92 Å². The molecular formula is C12H16BrNO. The molecule has 2 rings (SSSR count). The molecule has 82 valence electrons. The highest BCUT2D eigenvalue weighted by Crippen LogP contribution is 2.35. The molecule has 0 saturated heterocycles. The van der Waals surface area contributed by atoms with Crippen molar-refractivity contribution in [3.8, 4) is 5.75 Å². The van der Waals surface area contributed by atoms with Gasteiger partial charge in [-0.15, -0.1) is 0 Å². The van der Waals surface area contributed by atoms with Crippen LogP contribution in [-0.4, -0.2) is 19.7 Å². The van der Waals surface area contributed by atoms with Gasteiger partial charge in [0.05, 0.1) is 6.61 Å². The van der Waals surface area contributed by atoms with Gasteiger partial charge in [0.2, 0.25) is 0 Å². The monoisotopic (exact) mass is 269 g/mol. The van der Waals surface area contributed by atoms with Crippen LogP contribution in [0.1, 0.15) is 24.8 Å². The number of rotatable bonds is 3. The zero-order valence-corrected chi connectivity index (χ0v) is 10.5. The van der Waals surface area contributed by atoms with Crippen LogP contribution in [0.2, 0.25) is 0 Å². The van der Waals surface area contributed by atoms with Crippen molar-refractivity contribution in [1.82, 2.24) is 5.32 Å². The van der Waals surface area contributed by atoms with E-state index in [9.17, 15) is 0 Å². The first kappa shape index (κ1) is 11.0. The minimum absolute atomic E-state index is 0.589. The van der Waals surface area contributed by atoms with Gasteiger partial charge in [0.1, 0.15) is 5.75 Å². The summed E-state index contributed by atoms with van der Waals surface area (Å²) in [7, 11) is 0. The number of fused-ring (bicyclic) bond motifs is 1. The van der Waals surface area contributed by atoms with Crippen molar-refractivity contribution in [3.63, 3.8) is 0 Å². The fourth-order valence-corrected chi connectivity index (χ4v) is 2.35. The summed E-state index contributed by atoms with van der Waals surface area (Å²) in [5, 5.41) is 3.41. The van der Waals surface area contributed by atoms with Gasteiger partial charge in [0.15, 0.2) is 0 Å². The smallest absolute Gasteiger partial charge is 0.122 e. The Labute approximate surface area is 99.1 Å². The lowest BCUT2D eigenvalue weighted by Gasteiger charge is -2.26. The third kappa shape index (κ3) is 2.52. The van der Waals surface area contributed by atoms with Gasteiger partial charge in [-0.1, -0.05) is 22.9 Å². The van der Waals surface area contributed by atoms with Gasteiger partial charge in [-0.2, -0.15) is 0 Å². The zero-order valence-electron chi connectivity index (χ0n) is 8.92. The minimum atomic E-state index is 0.589. The Bertz CT molecular complexity index is 340. The second kappa shape index (κ2) is 4.99. The lowest BCUT2D eigenvalue weighted by molar-refractivity contribution is 0.265. The molecule has 1 heterocycles. The first-order valence-corrected chi connectivity index (χ1v) is 6.23. The number of hydrogen-bond donors (Lipinski definition) is 1. The number of ether oxygens (including phenoxy) is 1.